The first-order valence-electron chi connectivity index (χ1n) is 9.81. The lowest BCUT2D eigenvalue weighted by Crippen LogP contribution is -2.44. The third-order valence-electron chi connectivity index (χ3n) is 5.31. The average Bonchev–Trinajstić information content (AvgIpc) is 3.54. The molecule has 2 aromatic carbocycles. The van der Waals surface area contributed by atoms with Crippen molar-refractivity contribution >= 4 is 17.3 Å². The van der Waals surface area contributed by atoms with Crippen LogP contribution in [-0.4, -0.2) is 35.0 Å². The Labute approximate surface area is 171 Å². The Kier molecular flexibility index (Phi) is 5.53. The maximum atomic E-state index is 12.3. The number of nitrogens with zero attached hydrogens (tertiary/aromatic N) is 3. The number of amides is 1. The van der Waals surface area contributed by atoms with Crippen molar-refractivity contribution in [3.8, 4) is 0 Å². The predicted octanol–water partition coefficient (Wildman–Crippen LogP) is 3.30. The van der Waals surface area contributed by atoms with E-state index in [9.17, 15) is 4.79 Å². The van der Waals surface area contributed by atoms with Crippen molar-refractivity contribution in [3.05, 3.63) is 84.4 Å². The summed E-state index contributed by atoms with van der Waals surface area (Å²) in [4.78, 5) is 22.3. The highest BCUT2D eigenvalue weighted by molar-refractivity contribution is 5.94. The molecule has 0 aliphatic heterocycles. The molecule has 0 bridgehead atoms. The lowest BCUT2D eigenvalue weighted by atomic mass is 10.1. The van der Waals surface area contributed by atoms with Gasteiger partial charge >= 0.3 is 0 Å². The maximum Gasteiger partial charge on any atom is 0.254 e. The van der Waals surface area contributed by atoms with Crippen LogP contribution in [0.4, 0.5) is 11.4 Å². The van der Waals surface area contributed by atoms with Gasteiger partial charge in [-0.2, -0.15) is 0 Å². The molecule has 1 fully saturated rings. The molecule has 1 aromatic heterocycles. The van der Waals surface area contributed by atoms with Crippen LogP contribution in [-0.2, 0) is 6.54 Å². The van der Waals surface area contributed by atoms with Gasteiger partial charge in [0.15, 0.2) is 0 Å². The fourth-order valence-corrected chi connectivity index (χ4v) is 3.31. The summed E-state index contributed by atoms with van der Waals surface area (Å²) >= 11 is 0. The monoisotopic (exact) mass is 387 g/mol. The van der Waals surface area contributed by atoms with E-state index in [0.717, 1.165) is 37.3 Å². The Morgan fingerprint density at radius 1 is 1.00 bits per heavy atom. The highest BCUT2D eigenvalue weighted by atomic mass is 16.1. The third kappa shape index (κ3) is 4.78. The number of anilines is 2. The lowest BCUT2D eigenvalue weighted by molar-refractivity contribution is 0.0930. The lowest BCUT2D eigenvalue weighted by Gasteiger charge is -2.20. The van der Waals surface area contributed by atoms with E-state index in [1.54, 1.807) is 12.4 Å². The second-order valence-corrected chi connectivity index (χ2v) is 7.53. The van der Waals surface area contributed by atoms with Gasteiger partial charge < -0.3 is 15.5 Å². The first-order chi connectivity index (χ1) is 14.2. The number of benzene rings is 2. The molecular formula is C23H25N5O. The van der Waals surface area contributed by atoms with Crippen LogP contribution in [0.2, 0.25) is 0 Å². The van der Waals surface area contributed by atoms with Gasteiger partial charge in [0.05, 0.1) is 11.1 Å². The number of aromatic nitrogens is 2. The highest BCUT2D eigenvalue weighted by Crippen LogP contribution is 2.35. The number of carbonyl (C=O) groups excluding carboxylic acids is 1. The van der Waals surface area contributed by atoms with E-state index in [-0.39, 0.29) is 11.4 Å². The van der Waals surface area contributed by atoms with Crippen molar-refractivity contribution < 1.29 is 4.79 Å². The molecule has 1 saturated carbocycles. The van der Waals surface area contributed by atoms with Crippen LogP contribution in [0.5, 0.6) is 0 Å². The van der Waals surface area contributed by atoms with Gasteiger partial charge in [-0.15, -0.1) is 0 Å². The van der Waals surface area contributed by atoms with E-state index in [2.05, 4.69) is 68.9 Å². The standard InChI is InChI=1S/C23H25N5O/c1-28(20-5-3-2-4-6-20)21-9-7-18(8-10-21)13-24-16-23(11-12-23)27-22(29)19-14-25-17-26-15-19/h2-10,14-15,17,24H,11-13,16H2,1H3,(H,27,29). The predicted molar refractivity (Wildman–Crippen MR) is 114 cm³/mol. The zero-order valence-corrected chi connectivity index (χ0v) is 16.5. The SMILES string of the molecule is CN(c1ccccc1)c1ccc(CNCC2(NC(=O)c3cncnc3)CC2)cc1. The van der Waals surface area contributed by atoms with Gasteiger partial charge in [0, 0.05) is 43.9 Å². The van der Waals surface area contributed by atoms with Crippen LogP contribution in [0.3, 0.4) is 0 Å². The van der Waals surface area contributed by atoms with Crippen LogP contribution in [0.15, 0.2) is 73.3 Å². The summed E-state index contributed by atoms with van der Waals surface area (Å²) in [6, 6.07) is 18.9. The molecule has 3 aromatic rings. The van der Waals surface area contributed by atoms with Gasteiger partial charge in [-0.25, -0.2) is 9.97 Å². The Hall–Kier alpha value is -3.25. The quantitative estimate of drug-likeness (QED) is 0.621. The van der Waals surface area contributed by atoms with Crippen LogP contribution in [0.25, 0.3) is 0 Å². The molecule has 6 heteroatoms. The van der Waals surface area contributed by atoms with Gasteiger partial charge in [0.1, 0.15) is 6.33 Å². The average molecular weight is 387 g/mol. The molecule has 148 valence electrons. The Bertz CT molecular complexity index is 940. The summed E-state index contributed by atoms with van der Waals surface area (Å²) in [5.41, 5.74) is 3.87. The summed E-state index contributed by atoms with van der Waals surface area (Å²) in [7, 11) is 2.07. The maximum absolute atomic E-state index is 12.3. The normalized spacial score (nSPS) is 14.2. The number of hydrogen-bond acceptors (Lipinski definition) is 5. The second kappa shape index (κ2) is 8.41. The van der Waals surface area contributed by atoms with Crippen LogP contribution < -0.4 is 15.5 Å². The molecule has 0 atom stereocenters. The zero-order chi connectivity index (χ0) is 20.1. The van der Waals surface area contributed by atoms with E-state index in [4.69, 9.17) is 0 Å². The fraction of sp³-hybridized carbons (Fsp3) is 0.261. The van der Waals surface area contributed by atoms with Crippen LogP contribution in [0.1, 0.15) is 28.8 Å². The molecule has 0 unspecified atom stereocenters. The minimum atomic E-state index is -0.152. The van der Waals surface area contributed by atoms with Crippen molar-refractivity contribution in [3.63, 3.8) is 0 Å². The summed E-state index contributed by atoms with van der Waals surface area (Å²) < 4.78 is 0. The summed E-state index contributed by atoms with van der Waals surface area (Å²) in [6.45, 7) is 1.51. The third-order valence-corrected chi connectivity index (χ3v) is 5.31. The van der Waals surface area contributed by atoms with Crippen molar-refractivity contribution in [1.82, 2.24) is 20.6 Å². The number of carbonyl (C=O) groups is 1. The number of nitrogens with one attached hydrogen (secondary N) is 2. The van der Waals surface area contributed by atoms with Crippen molar-refractivity contribution in [2.45, 2.75) is 24.9 Å². The molecule has 4 rings (SSSR count). The van der Waals surface area contributed by atoms with Crippen molar-refractivity contribution in [2.75, 3.05) is 18.5 Å². The smallest absolute Gasteiger partial charge is 0.254 e. The largest absolute Gasteiger partial charge is 0.345 e. The zero-order valence-electron chi connectivity index (χ0n) is 16.5. The van der Waals surface area contributed by atoms with E-state index in [1.165, 1.54) is 11.9 Å². The second-order valence-electron chi connectivity index (χ2n) is 7.53. The molecular weight excluding hydrogens is 362 g/mol. The summed E-state index contributed by atoms with van der Waals surface area (Å²) in [5.74, 6) is -0.113. The molecule has 2 N–H and O–H groups in total. The molecule has 29 heavy (non-hydrogen) atoms. The van der Waals surface area contributed by atoms with Gasteiger partial charge in [-0.1, -0.05) is 30.3 Å². The van der Waals surface area contributed by atoms with Crippen LogP contribution in [0, 0.1) is 0 Å². The topological polar surface area (TPSA) is 70.2 Å². The van der Waals surface area contributed by atoms with E-state index in [1.807, 2.05) is 18.2 Å². The highest BCUT2D eigenvalue weighted by Gasteiger charge is 2.43. The molecule has 0 radical (unpaired) electrons. The van der Waals surface area contributed by atoms with Gasteiger partial charge in [0.2, 0.25) is 0 Å². The fourth-order valence-electron chi connectivity index (χ4n) is 3.31. The first kappa shape index (κ1) is 19.1. The van der Waals surface area contributed by atoms with E-state index >= 15 is 0 Å². The van der Waals surface area contributed by atoms with Crippen molar-refractivity contribution in [1.29, 1.82) is 0 Å². The first-order valence-corrected chi connectivity index (χ1v) is 9.81. The van der Waals surface area contributed by atoms with Gasteiger partial charge in [0.25, 0.3) is 5.91 Å². The van der Waals surface area contributed by atoms with E-state index < -0.39 is 0 Å². The molecule has 1 aliphatic rings. The molecule has 1 heterocycles. The molecule has 6 nitrogen and oxygen atoms in total. The Morgan fingerprint density at radius 3 is 2.31 bits per heavy atom. The summed E-state index contributed by atoms with van der Waals surface area (Å²) in [5, 5.41) is 6.61. The Morgan fingerprint density at radius 2 is 1.66 bits per heavy atom. The number of rotatable bonds is 8. The van der Waals surface area contributed by atoms with Crippen LogP contribution >= 0.6 is 0 Å². The van der Waals surface area contributed by atoms with Gasteiger partial charge in [-0.3, -0.25) is 4.79 Å². The number of para-hydroxylation sites is 1. The molecule has 1 aliphatic carbocycles. The number of hydrogen-bond donors (Lipinski definition) is 2. The summed E-state index contributed by atoms with van der Waals surface area (Å²) in [6.07, 6.45) is 6.48. The van der Waals surface area contributed by atoms with E-state index in [0.29, 0.717) is 5.56 Å². The van der Waals surface area contributed by atoms with Crippen molar-refractivity contribution in [2.24, 2.45) is 0 Å². The Balaban J connectivity index is 1.28. The molecule has 0 spiro atoms. The molecule has 0 saturated heterocycles. The van der Waals surface area contributed by atoms with Gasteiger partial charge in [-0.05, 0) is 42.7 Å². The molecule has 1 amide bonds. The minimum Gasteiger partial charge on any atom is -0.345 e. The minimum absolute atomic E-state index is 0.113.